The highest BCUT2D eigenvalue weighted by Gasteiger charge is 2.31. The molecule has 0 bridgehead atoms. The minimum absolute atomic E-state index is 0.167. The van der Waals surface area contributed by atoms with Crippen LogP contribution in [-0.2, 0) is 6.18 Å². The number of likely N-dealkylation sites (tertiary alicyclic amines) is 1. The van der Waals surface area contributed by atoms with Gasteiger partial charge in [-0.05, 0) is 70.4 Å². The van der Waals surface area contributed by atoms with Crippen molar-refractivity contribution in [3.63, 3.8) is 0 Å². The Hall–Kier alpha value is -1.64. The number of aromatic nitrogens is 1. The fourth-order valence-electron chi connectivity index (χ4n) is 3.34. The Balaban J connectivity index is 1.61. The van der Waals surface area contributed by atoms with Crippen molar-refractivity contribution in [3.05, 3.63) is 39.4 Å². The van der Waals surface area contributed by atoms with E-state index in [4.69, 9.17) is 11.6 Å². The molecule has 1 saturated heterocycles. The summed E-state index contributed by atoms with van der Waals surface area (Å²) < 4.78 is 39.0. The van der Waals surface area contributed by atoms with Crippen LogP contribution < -0.4 is 5.32 Å². The van der Waals surface area contributed by atoms with Crippen LogP contribution in [0.5, 0.6) is 0 Å². The Labute approximate surface area is 177 Å². The summed E-state index contributed by atoms with van der Waals surface area (Å²) in [6.07, 6.45) is -0.0421. The van der Waals surface area contributed by atoms with Gasteiger partial charge in [-0.15, -0.1) is 11.3 Å². The quantitative estimate of drug-likeness (QED) is 0.580. The zero-order valence-corrected chi connectivity index (χ0v) is 17.7. The maximum atomic E-state index is 13.0. The minimum Gasteiger partial charge on any atom is -0.351 e. The minimum atomic E-state index is -4.47. The number of hydrogen-bond acceptors (Lipinski definition) is 4. The first-order chi connectivity index (χ1) is 13.8. The average molecular weight is 446 g/mol. The largest absolute Gasteiger partial charge is 0.416 e. The normalized spacial score (nSPS) is 15.1. The average Bonchev–Trinajstić information content (AvgIpc) is 3.30. The van der Waals surface area contributed by atoms with Crippen LogP contribution in [0.3, 0.4) is 0 Å². The van der Waals surface area contributed by atoms with Gasteiger partial charge in [0, 0.05) is 12.1 Å². The summed E-state index contributed by atoms with van der Waals surface area (Å²) in [5.41, 5.74) is -0.138. The third kappa shape index (κ3) is 5.71. The summed E-state index contributed by atoms with van der Waals surface area (Å²) in [6.45, 7) is 5.60. The van der Waals surface area contributed by atoms with Crippen LogP contribution in [0.2, 0.25) is 5.02 Å². The van der Waals surface area contributed by atoms with Crippen molar-refractivity contribution >= 4 is 28.8 Å². The zero-order valence-electron chi connectivity index (χ0n) is 16.1. The molecule has 0 aliphatic carbocycles. The van der Waals surface area contributed by atoms with Crippen LogP contribution >= 0.6 is 22.9 Å². The molecule has 4 nitrogen and oxygen atoms in total. The predicted molar refractivity (Wildman–Crippen MR) is 110 cm³/mol. The number of alkyl halides is 3. The molecule has 1 amide bonds. The van der Waals surface area contributed by atoms with Crippen molar-refractivity contribution in [2.45, 2.75) is 38.8 Å². The van der Waals surface area contributed by atoms with E-state index in [1.807, 2.05) is 0 Å². The summed E-state index contributed by atoms with van der Waals surface area (Å²) in [6, 6.07) is 3.11. The predicted octanol–water partition coefficient (Wildman–Crippen LogP) is 5.40. The number of hydrogen-bond donors (Lipinski definition) is 1. The van der Waals surface area contributed by atoms with E-state index in [2.05, 4.69) is 15.2 Å². The van der Waals surface area contributed by atoms with Crippen LogP contribution in [0.1, 0.15) is 46.6 Å². The van der Waals surface area contributed by atoms with Crippen molar-refractivity contribution in [2.75, 3.05) is 26.2 Å². The standard InChI is InChI=1S/C20H23ClF3N3OS/c1-13-17(18(28)25-8-2-3-9-27-10-4-5-11-27)29-19(26-13)15-12-14(20(22,23)24)6-7-16(15)21/h6-7,12H,2-5,8-11H2,1H3,(H,25,28). The number of nitrogens with zero attached hydrogens (tertiary/aromatic N) is 2. The topological polar surface area (TPSA) is 45.2 Å². The van der Waals surface area contributed by atoms with Gasteiger partial charge in [0.05, 0.1) is 16.3 Å². The molecular weight excluding hydrogens is 423 g/mol. The van der Waals surface area contributed by atoms with Gasteiger partial charge in [-0.2, -0.15) is 13.2 Å². The molecule has 9 heteroatoms. The molecule has 0 saturated carbocycles. The third-order valence-corrected chi connectivity index (χ3v) is 6.43. The SMILES string of the molecule is Cc1nc(-c2cc(C(F)(F)F)ccc2Cl)sc1C(=O)NCCCCN1CCCC1. The Bertz CT molecular complexity index is 863. The number of thiazole rings is 1. The third-order valence-electron chi connectivity index (χ3n) is 4.91. The first kappa shape index (κ1) is 22.1. The van der Waals surface area contributed by atoms with Crippen molar-refractivity contribution in [3.8, 4) is 10.6 Å². The lowest BCUT2D eigenvalue weighted by Gasteiger charge is -2.13. The van der Waals surface area contributed by atoms with Gasteiger partial charge in [0.2, 0.25) is 0 Å². The lowest BCUT2D eigenvalue weighted by atomic mass is 10.1. The molecule has 2 aromatic rings. The molecule has 1 N–H and O–H groups in total. The van der Waals surface area contributed by atoms with Gasteiger partial charge in [-0.1, -0.05) is 11.6 Å². The maximum absolute atomic E-state index is 13.0. The smallest absolute Gasteiger partial charge is 0.351 e. The van der Waals surface area contributed by atoms with Crippen LogP contribution in [0.25, 0.3) is 10.6 Å². The first-order valence-corrected chi connectivity index (χ1v) is 10.8. The molecule has 0 radical (unpaired) electrons. The summed E-state index contributed by atoms with van der Waals surface area (Å²) in [7, 11) is 0. The molecule has 0 unspecified atom stereocenters. The lowest BCUT2D eigenvalue weighted by molar-refractivity contribution is -0.137. The van der Waals surface area contributed by atoms with Crippen molar-refractivity contribution in [1.82, 2.24) is 15.2 Å². The van der Waals surface area contributed by atoms with E-state index in [9.17, 15) is 18.0 Å². The monoisotopic (exact) mass is 445 g/mol. The Morgan fingerprint density at radius 2 is 2.00 bits per heavy atom. The summed E-state index contributed by atoms with van der Waals surface area (Å²) in [5, 5.41) is 3.35. The van der Waals surface area contributed by atoms with Crippen molar-refractivity contribution in [2.24, 2.45) is 0 Å². The Morgan fingerprint density at radius 1 is 1.28 bits per heavy atom. The second-order valence-corrected chi connectivity index (χ2v) is 8.54. The van der Waals surface area contributed by atoms with E-state index in [1.54, 1.807) is 6.92 Å². The number of nitrogens with one attached hydrogen (secondary N) is 1. The molecule has 3 rings (SSSR count). The molecule has 0 atom stereocenters. The summed E-state index contributed by atoms with van der Waals surface area (Å²) >= 11 is 7.14. The number of amides is 1. The second-order valence-electron chi connectivity index (χ2n) is 7.14. The number of benzene rings is 1. The summed E-state index contributed by atoms with van der Waals surface area (Å²) in [5.74, 6) is -0.254. The van der Waals surface area contributed by atoms with Gasteiger partial charge in [-0.3, -0.25) is 4.79 Å². The molecule has 1 aliphatic rings. The maximum Gasteiger partial charge on any atom is 0.416 e. The van der Waals surface area contributed by atoms with Gasteiger partial charge < -0.3 is 10.2 Å². The summed E-state index contributed by atoms with van der Waals surface area (Å²) in [4.78, 5) is 19.6. The first-order valence-electron chi connectivity index (χ1n) is 9.61. The van der Waals surface area contributed by atoms with E-state index in [0.29, 0.717) is 22.1 Å². The number of aryl methyl sites for hydroxylation is 1. The number of carbonyl (C=O) groups is 1. The van der Waals surface area contributed by atoms with E-state index in [-0.39, 0.29) is 16.5 Å². The highest BCUT2D eigenvalue weighted by molar-refractivity contribution is 7.17. The molecule has 1 aromatic carbocycles. The molecule has 0 spiro atoms. The van der Waals surface area contributed by atoms with Crippen LogP contribution in [0.4, 0.5) is 13.2 Å². The molecule has 158 valence electrons. The molecule has 1 fully saturated rings. The number of halogens is 4. The van der Waals surface area contributed by atoms with Crippen molar-refractivity contribution < 1.29 is 18.0 Å². The fraction of sp³-hybridized carbons (Fsp3) is 0.500. The van der Waals surface area contributed by atoms with E-state index >= 15 is 0 Å². The van der Waals surface area contributed by atoms with Crippen molar-refractivity contribution in [1.29, 1.82) is 0 Å². The molecule has 1 aliphatic heterocycles. The van der Waals surface area contributed by atoms with E-state index in [0.717, 1.165) is 55.9 Å². The van der Waals surface area contributed by atoms with E-state index < -0.39 is 11.7 Å². The van der Waals surface area contributed by atoms with Gasteiger partial charge in [-0.25, -0.2) is 4.98 Å². The van der Waals surface area contributed by atoms with Gasteiger partial charge >= 0.3 is 6.18 Å². The Kier molecular flexibility index (Phi) is 7.19. The lowest BCUT2D eigenvalue weighted by Crippen LogP contribution is -2.26. The van der Waals surface area contributed by atoms with Crippen LogP contribution in [0, 0.1) is 6.92 Å². The molecule has 1 aromatic heterocycles. The fourth-order valence-corrected chi connectivity index (χ4v) is 4.61. The highest BCUT2D eigenvalue weighted by Crippen LogP contribution is 2.38. The number of unbranched alkanes of at least 4 members (excludes halogenated alkanes) is 1. The van der Waals surface area contributed by atoms with Crippen LogP contribution in [-0.4, -0.2) is 42.0 Å². The Morgan fingerprint density at radius 3 is 2.69 bits per heavy atom. The number of rotatable bonds is 7. The molecule has 29 heavy (non-hydrogen) atoms. The van der Waals surface area contributed by atoms with Gasteiger partial charge in [0.15, 0.2) is 0 Å². The van der Waals surface area contributed by atoms with Gasteiger partial charge in [0.25, 0.3) is 5.91 Å². The highest BCUT2D eigenvalue weighted by atomic mass is 35.5. The van der Waals surface area contributed by atoms with Crippen LogP contribution in [0.15, 0.2) is 18.2 Å². The zero-order chi connectivity index (χ0) is 21.0. The van der Waals surface area contributed by atoms with Gasteiger partial charge in [0.1, 0.15) is 9.88 Å². The molecule has 2 heterocycles. The molecular formula is C20H23ClF3N3OS. The second kappa shape index (κ2) is 9.45. The van der Waals surface area contributed by atoms with E-state index in [1.165, 1.54) is 18.9 Å². The number of carbonyl (C=O) groups excluding carboxylic acids is 1.